The van der Waals surface area contributed by atoms with E-state index in [4.69, 9.17) is 4.74 Å². The van der Waals surface area contributed by atoms with Gasteiger partial charge in [0.2, 0.25) is 0 Å². The molecule has 22 heavy (non-hydrogen) atoms. The van der Waals surface area contributed by atoms with Crippen molar-refractivity contribution in [3.05, 3.63) is 59.8 Å². The minimum absolute atomic E-state index is 0.157. The van der Waals surface area contributed by atoms with Gasteiger partial charge in [0.05, 0.1) is 11.7 Å². The lowest BCUT2D eigenvalue weighted by Gasteiger charge is -2.16. The van der Waals surface area contributed by atoms with Crippen LogP contribution in [0.1, 0.15) is 22.0 Å². The third kappa shape index (κ3) is 4.05. The zero-order chi connectivity index (χ0) is 15.9. The Labute approximate surface area is 130 Å². The molecule has 1 aromatic heterocycles. The molecule has 0 aliphatic heterocycles. The first-order valence-corrected chi connectivity index (χ1v) is 7.11. The van der Waals surface area contributed by atoms with E-state index in [9.17, 15) is 4.79 Å². The zero-order valence-electron chi connectivity index (χ0n) is 13.1. The first-order chi connectivity index (χ1) is 10.6. The fraction of sp³-hybridized carbons (Fsp3) is 0.294. The van der Waals surface area contributed by atoms with Gasteiger partial charge in [-0.05, 0) is 17.7 Å². The summed E-state index contributed by atoms with van der Waals surface area (Å²) in [6.07, 6.45) is 1.41. The molecule has 1 aromatic carbocycles. The molecule has 5 nitrogen and oxygen atoms in total. The topological polar surface area (TPSA) is 54.5 Å². The minimum Gasteiger partial charge on any atom is -0.375 e. The normalized spacial score (nSPS) is 11.8. The number of carbonyl (C=O) groups excluding carboxylic acids is 1. The van der Waals surface area contributed by atoms with Gasteiger partial charge in [0, 0.05) is 33.9 Å². The number of hydrogen-bond donors (Lipinski definition) is 1. The second-order valence-electron chi connectivity index (χ2n) is 5.14. The van der Waals surface area contributed by atoms with Crippen LogP contribution in [-0.4, -0.2) is 38.6 Å². The summed E-state index contributed by atoms with van der Waals surface area (Å²) in [4.78, 5) is 18.3. The molecular formula is C17H21N3O2. The molecule has 0 aliphatic carbocycles. The van der Waals surface area contributed by atoms with Crippen LogP contribution in [0, 0.1) is 0 Å². The number of rotatable bonds is 6. The van der Waals surface area contributed by atoms with E-state index in [-0.39, 0.29) is 12.0 Å². The van der Waals surface area contributed by atoms with E-state index in [0.29, 0.717) is 12.1 Å². The molecule has 116 valence electrons. The number of nitrogens with one attached hydrogen (secondary N) is 1. The second-order valence-corrected chi connectivity index (χ2v) is 5.14. The average Bonchev–Trinajstić information content (AvgIpc) is 2.56. The Bertz CT molecular complexity index is 597. The first-order valence-electron chi connectivity index (χ1n) is 7.11. The largest absolute Gasteiger partial charge is 0.375 e. The first kappa shape index (κ1) is 16.0. The van der Waals surface area contributed by atoms with Crippen molar-refractivity contribution < 1.29 is 9.53 Å². The van der Waals surface area contributed by atoms with Crippen molar-refractivity contribution in [3.8, 4) is 0 Å². The number of benzene rings is 1. The van der Waals surface area contributed by atoms with E-state index in [1.807, 2.05) is 55.4 Å². The summed E-state index contributed by atoms with van der Waals surface area (Å²) in [5.41, 5.74) is 1.57. The van der Waals surface area contributed by atoms with Crippen molar-refractivity contribution >= 4 is 11.7 Å². The van der Waals surface area contributed by atoms with Crippen molar-refractivity contribution in [1.29, 1.82) is 0 Å². The molecular weight excluding hydrogens is 278 g/mol. The van der Waals surface area contributed by atoms with Gasteiger partial charge in [-0.15, -0.1) is 0 Å². The molecule has 1 heterocycles. The molecule has 1 atom stereocenters. The van der Waals surface area contributed by atoms with Crippen LogP contribution >= 0.6 is 0 Å². The summed E-state index contributed by atoms with van der Waals surface area (Å²) in [6, 6.07) is 13.4. The van der Waals surface area contributed by atoms with E-state index >= 15 is 0 Å². The van der Waals surface area contributed by atoms with Crippen LogP contribution in [0.25, 0.3) is 0 Å². The maximum Gasteiger partial charge on any atom is 0.252 e. The molecule has 5 heteroatoms. The van der Waals surface area contributed by atoms with Crippen LogP contribution in [0.5, 0.6) is 0 Å². The molecule has 0 bridgehead atoms. The van der Waals surface area contributed by atoms with Crippen LogP contribution < -0.4 is 10.2 Å². The standard InChI is InChI=1S/C17H21N3O2/c1-20(2)16-10-9-14(11-18-16)17(21)19-12-15(22-3)13-7-5-4-6-8-13/h4-11,15H,12H2,1-3H3,(H,19,21)/t15-/m1/s1. The summed E-state index contributed by atoms with van der Waals surface area (Å²) in [5, 5.41) is 2.88. The fourth-order valence-corrected chi connectivity index (χ4v) is 2.08. The van der Waals surface area contributed by atoms with Crippen LogP contribution in [-0.2, 0) is 4.74 Å². The molecule has 0 fully saturated rings. The second kappa shape index (κ2) is 7.56. The summed E-state index contributed by atoms with van der Waals surface area (Å²) in [6.45, 7) is 0.411. The predicted molar refractivity (Wildman–Crippen MR) is 87.1 cm³/mol. The SMILES string of the molecule is CO[C@H](CNC(=O)c1ccc(N(C)C)nc1)c1ccccc1. The number of hydrogen-bond acceptors (Lipinski definition) is 4. The van der Waals surface area contributed by atoms with E-state index < -0.39 is 0 Å². The Balaban J connectivity index is 1.96. The number of pyridine rings is 1. The molecule has 0 saturated carbocycles. The Kier molecular flexibility index (Phi) is 5.49. The molecule has 2 rings (SSSR count). The lowest BCUT2D eigenvalue weighted by atomic mass is 10.1. The molecule has 0 saturated heterocycles. The van der Waals surface area contributed by atoms with Crippen molar-refractivity contribution in [3.63, 3.8) is 0 Å². The number of aromatic nitrogens is 1. The average molecular weight is 299 g/mol. The predicted octanol–water partition coefficient (Wildman–Crippen LogP) is 2.27. The molecule has 0 aliphatic rings. The van der Waals surface area contributed by atoms with E-state index in [1.165, 1.54) is 0 Å². The monoisotopic (exact) mass is 299 g/mol. The zero-order valence-corrected chi connectivity index (χ0v) is 13.1. The number of carbonyl (C=O) groups is 1. The summed E-state index contributed by atoms with van der Waals surface area (Å²) >= 11 is 0. The number of amides is 1. The number of methoxy groups -OCH3 is 1. The highest BCUT2D eigenvalue weighted by Crippen LogP contribution is 2.15. The number of ether oxygens (including phenoxy) is 1. The van der Waals surface area contributed by atoms with Gasteiger partial charge in [-0.1, -0.05) is 30.3 Å². The molecule has 1 N–H and O–H groups in total. The highest BCUT2D eigenvalue weighted by molar-refractivity contribution is 5.94. The van der Waals surface area contributed by atoms with Crippen molar-refractivity contribution in [2.45, 2.75) is 6.10 Å². The van der Waals surface area contributed by atoms with Gasteiger partial charge in [0.1, 0.15) is 5.82 Å². The number of nitrogens with zero attached hydrogens (tertiary/aromatic N) is 2. The molecule has 0 unspecified atom stereocenters. The molecule has 0 spiro atoms. The number of anilines is 1. The Morgan fingerprint density at radius 3 is 2.50 bits per heavy atom. The van der Waals surface area contributed by atoms with Crippen LogP contribution in [0.3, 0.4) is 0 Å². The summed E-state index contributed by atoms with van der Waals surface area (Å²) in [7, 11) is 5.45. The van der Waals surface area contributed by atoms with Gasteiger partial charge in [0.25, 0.3) is 5.91 Å². The van der Waals surface area contributed by atoms with E-state index in [2.05, 4.69) is 10.3 Å². The fourth-order valence-electron chi connectivity index (χ4n) is 2.08. The van der Waals surface area contributed by atoms with E-state index in [0.717, 1.165) is 11.4 Å². The Hall–Kier alpha value is -2.40. The smallest absolute Gasteiger partial charge is 0.252 e. The minimum atomic E-state index is -0.167. The van der Waals surface area contributed by atoms with Crippen molar-refractivity contribution in [2.24, 2.45) is 0 Å². The molecule has 1 amide bonds. The highest BCUT2D eigenvalue weighted by atomic mass is 16.5. The van der Waals surface area contributed by atoms with Crippen LogP contribution in [0.2, 0.25) is 0 Å². The van der Waals surface area contributed by atoms with Gasteiger partial charge in [-0.3, -0.25) is 4.79 Å². The van der Waals surface area contributed by atoms with Gasteiger partial charge in [-0.2, -0.15) is 0 Å². The third-order valence-corrected chi connectivity index (χ3v) is 3.37. The summed E-state index contributed by atoms with van der Waals surface area (Å²) < 4.78 is 5.44. The van der Waals surface area contributed by atoms with Crippen molar-refractivity contribution in [2.75, 3.05) is 32.6 Å². The quantitative estimate of drug-likeness (QED) is 0.889. The maximum absolute atomic E-state index is 12.2. The molecule has 2 aromatic rings. The Morgan fingerprint density at radius 1 is 1.23 bits per heavy atom. The van der Waals surface area contributed by atoms with Gasteiger partial charge >= 0.3 is 0 Å². The van der Waals surface area contributed by atoms with Gasteiger partial charge < -0.3 is 15.0 Å². The molecule has 0 radical (unpaired) electrons. The van der Waals surface area contributed by atoms with Gasteiger partial charge in [-0.25, -0.2) is 4.98 Å². The van der Waals surface area contributed by atoms with Crippen LogP contribution in [0.15, 0.2) is 48.7 Å². The summed E-state index contributed by atoms with van der Waals surface area (Å²) in [5.74, 6) is 0.659. The lowest BCUT2D eigenvalue weighted by molar-refractivity contribution is 0.0827. The third-order valence-electron chi connectivity index (χ3n) is 3.37. The Morgan fingerprint density at radius 2 is 1.95 bits per heavy atom. The highest BCUT2D eigenvalue weighted by Gasteiger charge is 2.13. The lowest BCUT2D eigenvalue weighted by Crippen LogP contribution is -2.29. The van der Waals surface area contributed by atoms with Crippen molar-refractivity contribution in [1.82, 2.24) is 10.3 Å². The van der Waals surface area contributed by atoms with Crippen LogP contribution in [0.4, 0.5) is 5.82 Å². The van der Waals surface area contributed by atoms with Gasteiger partial charge in [0.15, 0.2) is 0 Å². The maximum atomic E-state index is 12.2. The van der Waals surface area contributed by atoms with E-state index in [1.54, 1.807) is 19.4 Å².